The van der Waals surface area contributed by atoms with Crippen molar-refractivity contribution in [1.82, 2.24) is 10.6 Å². The molecule has 1 aliphatic heterocycles. The van der Waals surface area contributed by atoms with E-state index in [9.17, 15) is 4.79 Å². The number of urea groups is 1. The highest BCUT2D eigenvalue weighted by Crippen LogP contribution is 2.55. The number of hydrogen-bond donors (Lipinski definition) is 2. The maximum atomic E-state index is 12.8. The van der Waals surface area contributed by atoms with Crippen LogP contribution in [0.3, 0.4) is 0 Å². The van der Waals surface area contributed by atoms with Gasteiger partial charge < -0.3 is 23.0 Å². The molecule has 4 aliphatic carbocycles. The molecule has 0 aromatic rings. The summed E-state index contributed by atoms with van der Waals surface area (Å²) in [6, 6.07) is 0.286. The van der Waals surface area contributed by atoms with Crippen molar-refractivity contribution in [2.24, 2.45) is 17.8 Å². The zero-order valence-corrected chi connectivity index (χ0v) is 13.8. The first-order valence-corrected chi connectivity index (χ1v) is 8.45. The maximum absolute atomic E-state index is 12.8. The summed E-state index contributed by atoms with van der Waals surface area (Å²) in [6.07, 6.45) is 8.07. The van der Waals surface area contributed by atoms with Crippen LogP contribution in [0.5, 0.6) is 0 Å². The topological polar surface area (TPSA) is 41.1 Å². The van der Waals surface area contributed by atoms with E-state index >= 15 is 0 Å². The minimum Gasteiger partial charge on any atom is -1.00 e. The first kappa shape index (κ1) is 15.6. The van der Waals surface area contributed by atoms with Crippen molar-refractivity contribution in [3.05, 3.63) is 0 Å². The van der Waals surface area contributed by atoms with Crippen LogP contribution in [-0.2, 0) is 0 Å². The van der Waals surface area contributed by atoms with Gasteiger partial charge in [0.05, 0.1) is 20.1 Å². The number of nitrogens with zero attached hydrogens (tertiary/aromatic N) is 1. The zero-order chi connectivity index (χ0) is 13.8. The zero-order valence-electron chi connectivity index (χ0n) is 13.0. The normalized spacial score (nSPS) is 43.2. The van der Waals surface area contributed by atoms with Crippen molar-refractivity contribution in [3.8, 4) is 0 Å². The molecule has 5 aliphatic rings. The van der Waals surface area contributed by atoms with Crippen LogP contribution >= 0.6 is 0 Å². The Morgan fingerprint density at radius 2 is 1.52 bits per heavy atom. The minimum absolute atomic E-state index is 0. The summed E-state index contributed by atoms with van der Waals surface area (Å²) in [4.78, 5) is 12.8. The second-order valence-corrected chi connectivity index (χ2v) is 8.22. The highest BCUT2D eigenvalue weighted by molar-refractivity contribution is 5.68. The fourth-order valence-corrected chi connectivity index (χ4v) is 5.72. The van der Waals surface area contributed by atoms with Gasteiger partial charge in [-0.2, -0.15) is 0 Å². The summed E-state index contributed by atoms with van der Waals surface area (Å²) in [6.45, 7) is 3.78. The molecule has 5 rings (SSSR count). The molecule has 120 valence electrons. The fourth-order valence-electron chi connectivity index (χ4n) is 5.72. The van der Waals surface area contributed by atoms with E-state index in [1.807, 2.05) is 0 Å². The van der Waals surface area contributed by atoms with Crippen molar-refractivity contribution in [3.63, 3.8) is 0 Å². The maximum Gasteiger partial charge on any atom is 0.416 e. The predicted octanol–water partition coefficient (Wildman–Crippen LogP) is -1.28. The molecule has 5 fully saturated rings. The molecule has 0 unspecified atom stereocenters. The van der Waals surface area contributed by atoms with Crippen LogP contribution in [0.2, 0.25) is 0 Å². The van der Waals surface area contributed by atoms with Gasteiger partial charge in [0.15, 0.2) is 0 Å². The number of amides is 2. The molecule has 4 saturated carbocycles. The Morgan fingerprint density at radius 3 is 2.00 bits per heavy atom. The van der Waals surface area contributed by atoms with E-state index in [1.54, 1.807) is 0 Å². The fraction of sp³-hybridized carbons (Fsp3) is 0.938. The van der Waals surface area contributed by atoms with Gasteiger partial charge in [-0.15, -0.1) is 0 Å². The van der Waals surface area contributed by atoms with Gasteiger partial charge in [0.2, 0.25) is 0 Å². The Hall–Kier alpha value is -0.320. The average molecular weight is 314 g/mol. The number of carbonyl (C=O) groups excluding carboxylic acids is 1. The summed E-state index contributed by atoms with van der Waals surface area (Å²) in [5.41, 5.74) is 0.165. The van der Waals surface area contributed by atoms with Crippen LogP contribution in [0.4, 0.5) is 4.79 Å². The molecule has 2 amide bonds. The van der Waals surface area contributed by atoms with Crippen LogP contribution in [0, 0.1) is 17.8 Å². The third-order valence-electron chi connectivity index (χ3n) is 6.46. The lowest BCUT2D eigenvalue weighted by Crippen LogP contribution is -3.00. The molecule has 2 N–H and O–H groups in total. The smallest absolute Gasteiger partial charge is 0.416 e. The number of likely N-dealkylation sites (N-methyl/N-ethyl adjacent to an activating group) is 1. The number of hydrogen-bond acceptors (Lipinski definition) is 2. The van der Waals surface area contributed by atoms with E-state index in [1.165, 1.54) is 38.5 Å². The quantitative estimate of drug-likeness (QED) is 0.592. The predicted molar refractivity (Wildman–Crippen MR) is 78.2 cm³/mol. The van der Waals surface area contributed by atoms with E-state index < -0.39 is 0 Å². The van der Waals surface area contributed by atoms with Crippen LogP contribution < -0.4 is 23.0 Å². The number of piperazine rings is 1. The minimum atomic E-state index is 0. The lowest BCUT2D eigenvalue weighted by atomic mass is 9.53. The van der Waals surface area contributed by atoms with Crippen molar-refractivity contribution in [2.75, 3.05) is 33.2 Å². The molecule has 5 heteroatoms. The van der Waals surface area contributed by atoms with Gasteiger partial charge in [0, 0.05) is 18.6 Å². The molecule has 1 heterocycles. The third-order valence-corrected chi connectivity index (χ3v) is 6.46. The number of nitrogens with one attached hydrogen (secondary N) is 2. The molecule has 0 radical (unpaired) electrons. The first-order chi connectivity index (χ1) is 9.57. The first-order valence-electron chi connectivity index (χ1n) is 8.45. The van der Waals surface area contributed by atoms with E-state index in [0.29, 0.717) is 4.48 Å². The number of rotatable bonds is 1. The Bertz CT molecular complexity index is 384. The van der Waals surface area contributed by atoms with E-state index in [0.717, 1.165) is 43.9 Å². The summed E-state index contributed by atoms with van der Waals surface area (Å²) >= 11 is 0. The molecule has 0 atom stereocenters. The lowest BCUT2D eigenvalue weighted by Gasteiger charge is -2.57. The Labute approximate surface area is 134 Å². The van der Waals surface area contributed by atoms with E-state index in [4.69, 9.17) is 0 Å². The molecule has 1 saturated heterocycles. The molecule has 0 spiro atoms. The molecule has 0 aromatic heterocycles. The van der Waals surface area contributed by atoms with E-state index in [2.05, 4.69) is 17.7 Å². The van der Waals surface area contributed by atoms with Crippen LogP contribution in [-0.4, -0.2) is 49.3 Å². The summed E-state index contributed by atoms with van der Waals surface area (Å²) in [5.74, 6) is 2.69. The summed E-state index contributed by atoms with van der Waals surface area (Å²) in [7, 11) is 2.11. The van der Waals surface area contributed by atoms with Gasteiger partial charge in [-0.05, 0) is 56.3 Å². The van der Waals surface area contributed by atoms with E-state index in [-0.39, 0.29) is 24.0 Å². The second kappa shape index (κ2) is 5.39. The van der Waals surface area contributed by atoms with Gasteiger partial charge >= 0.3 is 6.03 Å². The van der Waals surface area contributed by atoms with Crippen molar-refractivity contribution < 1.29 is 21.7 Å². The standard InChI is InChI=1S/C16H27N3O.ClH/c1-19(4-2-17-3-5-19)15(20)18-16-9-12-6-13(10-16)8-14(7-12)11-16;/h12-14,17H,2-11H2,1H3;1H. The van der Waals surface area contributed by atoms with Crippen molar-refractivity contribution in [2.45, 2.75) is 44.1 Å². The molecule has 0 aromatic carbocycles. The highest BCUT2D eigenvalue weighted by atomic mass is 35.5. The van der Waals surface area contributed by atoms with Gasteiger partial charge in [-0.1, -0.05) is 0 Å². The highest BCUT2D eigenvalue weighted by Gasteiger charge is 2.53. The van der Waals surface area contributed by atoms with Gasteiger partial charge in [-0.25, -0.2) is 9.28 Å². The average Bonchev–Trinajstić information content (AvgIpc) is 2.37. The Kier molecular flexibility index (Phi) is 4.00. The Balaban J connectivity index is 0.00000132. The molecular formula is C16H28ClN3O. The Morgan fingerprint density at radius 1 is 1.05 bits per heavy atom. The van der Waals surface area contributed by atoms with Crippen LogP contribution in [0.15, 0.2) is 0 Å². The number of halogens is 1. The number of quaternary nitrogens is 1. The van der Waals surface area contributed by atoms with Crippen molar-refractivity contribution in [1.29, 1.82) is 0 Å². The molecule has 21 heavy (non-hydrogen) atoms. The van der Waals surface area contributed by atoms with Gasteiger partial charge in [0.25, 0.3) is 0 Å². The largest absolute Gasteiger partial charge is 1.00 e. The lowest BCUT2D eigenvalue weighted by molar-refractivity contribution is -0.832. The third kappa shape index (κ3) is 2.71. The molecule has 4 nitrogen and oxygen atoms in total. The molecule has 4 bridgehead atoms. The summed E-state index contributed by atoms with van der Waals surface area (Å²) < 4.78 is 0.578. The SMILES string of the molecule is C[N+]1(C(=O)NC23CC4CC(CC(C4)C2)C3)CCNCC1.[Cl-]. The van der Waals surface area contributed by atoms with Gasteiger partial charge in [0.1, 0.15) is 0 Å². The number of carbonyl (C=O) groups is 1. The summed E-state index contributed by atoms with van der Waals surface area (Å²) in [5, 5.41) is 6.90. The molecular weight excluding hydrogens is 286 g/mol. The van der Waals surface area contributed by atoms with Crippen LogP contribution in [0.25, 0.3) is 0 Å². The van der Waals surface area contributed by atoms with Gasteiger partial charge in [-0.3, -0.25) is 0 Å². The second-order valence-electron chi connectivity index (χ2n) is 8.22. The van der Waals surface area contributed by atoms with Crippen molar-refractivity contribution >= 4 is 6.03 Å². The van der Waals surface area contributed by atoms with Crippen LogP contribution in [0.1, 0.15) is 38.5 Å². The monoisotopic (exact) mass is 313 g/mol.